The average Bonchev–Trinajstić information content (AvgIpc) is 2.93. The molecular formula is C16H11F2NO3S. The minimum Gasteiger partial charge on any atom is -0.477 e. The van der Waals surface area contributed by atoms with E-state index >= 15 is 0 Å². The van der Waals surface area contributed by atoms with Crippen molar-refractivity contribution in [3.63, 3.8) is 0 Å². The van der Waals surface area contributed by atoms with Crippen LogP contribution < -0.4 is 5.43 Å². The second-order valence-electron chi connectivity index (χ2n) is 5.15. The summed E-state index contributed by atoms with van der Waals surface area (Å²) >= 11 is 1.02. The van der Waals surface area contributed by atoms with E-state index in [4.69, 9.17) is 5.11 Å². The molecule has 1 aromatic carbocycles. The number of carboxylic acids is 1. The molecule has 0 fully saturated rings. The number of carbonyl (C=O) groups is 1. The largest absolute Gasteiger partial charge is 0.477 e. The van der Waals surface area contributed by atoms with Gasteiger partial charge in [-0.25, -0.2) is 13.6 Å². The maximum absolute atomic E-state index is 13.3. The van der Waals surface area contributed by atoms with E-state index in [1.165, 1.54) is 18.5 Å². The number of hydrogen-bond donors (Lipinski definition) is 1. The van der Waals surface area contributed by atoms with Gasteiger partial charge in [-0.15, -0.1) is 11.3 Å². The molecule has 0 radical (unpaired) electrons. The summed E-state index contributed by atoms with van der Waals surface area (Å²) < 4.78 is 27.8. The lowest BCUT2D eigenvalue weighted by Crippen LogP contribution is -2.14. The molecule has 0 aliphatic rings. The first-order chi connectivity index (χ1) is 10.9. The van der Waals surface area contributed by atoms with Crippen LogP contribution in [-0.2, 0) is 6.42 Å². The summed E-state index contributed by atoms with van der Waals surface area (Å²) in [6.45, 7) is 1.62. The molecule has 0 saturated heterocycles. The number of nitrogens with zero attached hydrogens (tertiary/aromatic N) is 1. The highest BCUT2D eigenvalue weighted by Crippen LogP contribution is 2.21. The third kappa shape index (κ3) is 2.75. The third-order valence-corrected chi connectivity index (χ3v) is 4.75. The molecule has 118 valence electrons. The Hall–Kier alpha value is -2.54. The van der Waals surface area contributed by atoms with Gasteiger partial charge >= 0.3 is 5.97 Å². The molecular weight excluding hydrogens is 324 g/mol. The minimum absolute atomic E-state index is 0.123. The molecule has 7 heteroatoms. The lowest BCUT2D eigenvalue weighted by molar-refractivity contribution is 0.0701. The van der Waals surface area contributed by atoms with E-state index < -0.39 is 17.6 Å². The normalized spacial score (nSPS) is 11.1. The zero-order chi connectivity index (χ0) is 16.7. The molecule has 1 N–H and O–H groups in total. The Morgan fingerprint density at radius 1 is 1.26 bits per heavy atom. The van der Waals surface area contributed by atoms with Gasteiger partial charge in [0.15, 0.2) is 17.1 Å². The molecule has 4 nitrogen and oxygen atoms in total. The van der Waals surface area contributed by atoms with Gasteiger partial charge in [0.05, 0.1) is 0 Å². The highest BCUT2D eigenvalue weighted by Gasteiger charge is 2.14. The lowest BCUT2D eigenvalue weighted by Gasteiger charge is -2.05. The summed E-state index contributed by atoms with van der Waals surface area (Å²) in [6, 6.07) is 3.48. The van der Waals surface area contributed by atoms with Crippen LogP contribution in [0.5, 0.6) is 0 Å². The van der Waals surface area contributed by atoms with Crippen molar-refractivity contribution < 1.29 is 18.7 Å². The van der Waals surface area contributed by atoms with Gasteiger partial charge < -0.3 is 9.51 Å². The van der Waals surface area contributed by atoms with Gasteiger partial charge in [-0.05, 0) is 24.6 Å². The van der Waals surface area contributed by atoms with Crippen LogP contribution in [-0.4, -0.2) is 15.5 Å². The van der Waals surface area contributed by atoms with Crippen molar-refractivity contribution in [1.29, 1.82) is 0 Å². The van der Waals surface area contributed by atoms with E-state index in [2.05, 4.69) is 0 Å². The molecule has 0 aliphatic carbocycles. The predicted molar refractivity (Wildman–Crippen MR) is 82.4 cm³/mol. The van der Waals surface area contributed by atoms with Crippen LogP contribution >= 0.6 is 11.3 Å². The summed E-state index contributed by atoms with van der Waals surface area (Å²) in [5.41, 5.74) is 1.06. The van der Waals surface area contributed by atoms with Crippen LogP contribution in [0.4, 0.5) is 8.78 Å². The van der Waals surface area contributed by atoms with Crippen LogP contribution in [0.1, 0.15) is 26.4 Å². The van der Waals surface area contributed by atoms with Gasteiger partial charge in [0, 0.05) is 29.9 Å². The molecule has 3 rings (SSSR count). The van der Waals surface area contributed by atoms with E-state index in [1.54, 1.807) is 11.3 Å². The summed E-state index contributed by atoms with van der Waals surface area (Å²) in [6.07, 6.45) is 3.11. The third-order valence-electron chi connectivity index (χ3n) is 3.53. The standard InChI is InChI=1S/C16H11F2NO3S/c1-8-14(20)10(4-9-2-3-11(17)12(18)5-9)6-19-7-13(16(21)22)23-15(8)19/h2-3,5-7H,4H2,1H3,(H,21,22). The SMILES string of the molecule is Cc1c(=O)c(Cc2ccc(F)c(F)c2)cn2cc(C(=O)O)sc12. The number of thiazole rings is 1. The van der Waals surface area contributed by atoms with Crippen LogP contribution in [0.25, 0.3) is 4.83 Å². The lowest BCUT2D eigenvalue weighted by atomic mass is 10.0. The fraction of sp³-hybridized carbons (Fsp3) is 0.125. The fourth-order valence-electron chi connectivity index (χ4n) is 2.39. The molecule has 0 aliphatic heterocycles. The predicted octanol–water partition coefficient (Wildman–Crippen LogP) is 3.24. The van der Waals surface area contributed by atoms with Gasteiger partial charge in [-0.1, -0.05) is 6.07 Å². The topological polar surface area (TPSA) is 58.8 Å². The van der Waals surface area contributed by atoms with Crippen molar-refractivity contribution >= 4 is 22.1 Å². The Kier molecular flexibility index (Phi) is 3.73. The second kappa shape index (κ2) is 5.58. The molecule has 0 bridgehead atoms. The van der Waals surface area contributed by atoms with Crippen molar-refractivity contribution in [2.75, 3.05) is 0 Å². The number of pyridine rings is 1. The first kappa shape index (κ1) is 15.4. The monoisotopic (exact) mass is 335 g/mol. The fourth-order valence-corrected chi connectivity index (χ4v) is 3.31. The first-order valence-electron chi connectivity index (χ1n) is 6.68. The Labute approximate surface area is 133 Å². The van der Waals surface area contributed by atoms with Gasteiger partial charge in [-0.2, -0.15) is 0 Å². The van der Waals surface area contributed by atoms with Gasteiger partial charge in [-0.3, -0.25) is 4.79 Å². The Morgan fingerprint density at radius 2 is 2.00 bits per heavy atom. The molecule has 23 heavy (non-hydrogen) atoms. The number of halogens is 2. The number of benzene rings is 1. The van der Waals surface area contributed by atoms with Crippen LogP contribution in [0.2, 0.25) is 0 Å². The van der Waals surface area contributed by atoms with E-state index in [1.807, 2.05) is 0 Å². The van der Waals surface area contributed by atoms with Gasteiger partial charge in [0.1, 0.15) is 9.71 Å². The number of rotatable bonds is 3. The molecule has 3 aromatic rings. The maximum Gasteiger partial charge on any atom is 0.347 e. The quantitative estimate of drug-likeness (QED) is 0.799. The van der Waals surface area contributed by atoms with Crippen molar-refractivity contribution in [2.24, 2.45) is 0 Å². The van der Waals surface area contributed by atoms with E-state index in [0.29, 0.717) is 21.5 Å². The molecule has 0 atom stereocenters. The molecule has 2 heterocycles. The number of hydrogen-bond acceptors (Lipinski definition) is 3. The second-order valence-corrected chi connectivity index (χ2v) is 6.18. The highest BCUT2D eigenvalue weighted by atomic mass is 32.1. The van der Waals surface area contributed by atoms with Crippen molar-refractivity contribution in [3.8, 4) is 0 Å². The van der Waals surface area contributed by atoms with Gasteiger partial charge in [0.2, 0.25) is 0 Å². The Morgan fingerprint density at radius 3 is 2.65 bits per heavy atom. The Bertz CT molecular complexity index is 991. The summed E-state index contributed by atoms with van der Waals surface area (Å²) in [4.78, 5) is 24.1. The number of aryl methyl sites for hydroxylation is 1. The summed E-state index contributed by atoms with van der Waals surface area (Å²) in [5, 5.41) is 9.05. The summed E-state index contributed by atoms with van der Waals surface area (Å²) in [7, 11) is 0. The molecule has 0 saturated carbocycles. The number of fused-ring (bicyclic) bond motifs is 1. The zero-order valence-corrected chi connectivity index (χ0v) is 12.8. The van der Waals surface area contributed by atoms with E-state index in [0.717, 1.165) is 23.5 Å². The molecule has 0 unspecified atom stereocenters. The molecule has 0 amide bonds. The number of aromatic nitrogens is 1. The van der Waals surface area contributed by atoms with Gasteiger partial charge in [0.25, 0.3) is 0 Å². The first-order valence-corrected chi connectivity index (χ1v) is 7.50. The van der Waals surface area contributed by atoms with Crippen LogP contribution in [0, 0.1) is 18.6 Å². The molecule has 0 spiro atoms. The molecule has 2 aromatic heterocycles. The van der Waals surface area contributed by atoms with E-state index in [-0.39, 0.29) is 16.7 Å². The Balaban J connectivity index is 2.10. The average molecular weight is 335 g/mol. The van der Waals surface area contributed by atoms with Crippen molar-refractivity contribution in [1.82, 2.24) is 4.40 Å². The van der Waals surface area contributed by atoms with Crippen LogP contribution in [0.15, 0.2) is 35.4 Å². The number of aromatic carboxylic acids is 1. The zero-order valence-electron chi connectivity index (χ0n) is 12.0. The smallest absolute Gasteiger partial charge is 0.347 e. The van der Waals surface area contributed by atoms with Crippen molar-refractivity contribution in [2.45, 2.75) is 13.3 Å². The summed E-state index contributed by atoms with van der Waals surface area (Å²) in [5.74, 6) is -2.97. The van der Waals surface area contributed by atoms with Crippen molar-refractivity contribution in [3.05, 3.63) is 74.0 Å². The van der Waals surface area contributed by atoms with E-state index in [9.17, 15) is 18.4 Å². The number of carboxylic acid groups (broad SMARTS) is 1. The minimum atomic E-state index is -1.06. The van der Waals surface area contributed by atoms with Crippen LogP contribution in [0.3, 0.4) is 0 Å². The maximum atomic E-state index is 13.3. The highest BCUT2D eigenvalue weighted by molar-refractivity contribution is 7.19.